The summed E-state index contributed by atoms with van der Waals surface area (Å²) in [6.07, 6.45) is 7.87. The topological polar surface area (TPSA) is 38.0 Å². The zero-order chi connectivity index (χ0) is 7.73. The Balaban J connectivity index is 1.73. The first-order valence-electron chi connectivity index (χ1n) is 4.81. The summed E-state index contributed by atoms with van der Waals surface area (Å²) < 4.78 is 0. The predicted octanol–water partition coefficient (Wildman–Crippen LogP) is 1.01. The molecule has 64 valence electrons. The molecular weight excluding hydrogens is 136 g/mol. The molecule has 0 aromatic rings. The molecule has 0 radical (unpaired) electrons. The molecule has 0 bridgehead atoms. The van der Waals surface area contributed by atoms with Gasteiger partial charge in [-0.15, -0.1) is 0 Å². The van der Waals surface area contributed by atoms with Crippen LogP contribution in [0.2, 0.25) is 0 Å². The summed E-state index contributed by atoms with van der Waals surface area (Å²) in [4.78, 5) is 0. The summed E-state index contributed by atoms with van der Waals surface area (Å²) in [5.74, 6) is 0. The van der Waals surface area contributed by atoms with Crippen molar-refractivity contribution >= 4 is 0 Å². The van der Waals surface area contributed by atoms with Crippen molar-refractivity contribution < 1.29 is 0 Å². The van der Waals surface area contributed by atoms with Crippen molar-refractivity contribution in [1.29, 1.82) is 0 Å². The lowest BCUT2D eigenvalue weighted by atomic mass is 9.99. The largest absolute Gasteiger partial charge is 0.324 e. The van der Waals surface area contributed by atoms with Crippen LogP contribution in [-0.2, 0) is 0 Å². The lowest BCUT2D eigenvalue weighted by Crippen LogP contribution is -2.46. The van der Waals surface area contributed by atoms with Gasteiger partial charge in [-0.3, -0.25) is 0 Å². The Morgan fingerprint density at radius 1 is 1.27 bits per heavy atom. The highest BCUT2D eigenvalue weighted by Crippen LogP contribution is 2.27. The van der Waals surface area contributed by atoms with Crippen LogP contribution in [0.4, 0.5) is 0 Å². The Hall–Kier alpha value is -0.0800. The molecule has 0 aromatic heterocycles. The fraction of sp³-hybridized carbons (Fsp3) is 1.00. The monoisotopic (exact) mass is 154 g/mol. The van der Waals surface area contributed by atoms with E-state index in [1.54, 1.807) is 0 Å². The lowest BCUT2D eigenvalue weighted by Gasteiger charge is -2.23. The van der Waals surface area contributed by atoms with E-state index in [0.29, 0.717) is 0 Å². The molecule has 2 fully saturated rings. The summed E-state index contributed by atoms with van der Waals surface area (Å²) in [5.41, 5.74) is 6.33. The second-order valence-electron chi connectivity index (χ2n) is 4.22. The minimum absolute atomic E-state index is 0.155. The molecule has 2 aliphatic carbocycles. The van der Waals surface area contributed by atoms with Crippen LogP contribution in [0.3, 0.4) is 0 Å². The molecule has 0 heterocycles. The van der Waals surface area contributed by atoms with Gasteiger partial charge in [0.15, 0.2) is 0 Å². The highest BCUT2D eigenvalue weighted by Gasteiger charge is 2.31. The molecule has 0 unspecified atom stereocenters. The van der Waals surface area contributed by atoms with E-state index in [9.17, 15) is 0 Å². The van der Waals surface area contributed by atoms with Crippen molar-refractivity contribution in [3.63, 3.8) is 0 Å². The fourth-order valence-corrected chi connectivity index (χ4v) is 1.89. The van der Waals surface area contributed by atoms with Crippen molar-refractivity contribution in [3.05, 3.63) is 0 Å². The van der Waals surface area contributed by atoms with Crippen LogP contribution in [0.1, 0.15) is 38.5 Å². The van der Waals surface area contributed by atoms with E-state index in [0.717, 1.165) is 12.6 Å². The average molecular weight is 154 g/mol. The van der Waals surface area contributed by atoms with Gasteiger partial charge in [-0.2, -0.15) is 0 Å². The van der Waals surface area contributed by atoms with E-state index >= 15 is 0 Å². The molecule has 2 rings (SSSR count). The van der Waals surface area contributed by atoms with Crippen LogP contribution in [-0.4, -0.2) is 18.1 Å². The Morgan fingerprint density at radius 3 is 2.45 bits per heavy atom. The Bertz CT molecular complexity index is 134. The van der Waals surface area contributed by atoms with E-state index in [1.165, 1.54) is 38.5 Å². The van der Waals surface area contributed by atoms with Crippen LogP contribution in [0, 0.1) is 0 Å². The van der Waals surface area contributed by atoms with E-state index in [4.69, 9.17) is 5.73 Å². The molecule has 2 aliphatic rings. The maximum Gasteiger partial charge on any atom is 0.0280 e. The van der Waals surface area contributed by atoms with E-state index in [2.05, 4.69) is 5.32 Å². The predicted molar refractivity (Wildman–Crippen MR) is 46.4 cm³/mol. The van der Waals surface area contributed by atoms with Crippen LogP contribution in [0.25, 0.3) is 0 Å². The highest BCUT2D eigenvalue weighted by atomic mass is 15.0. The smallest absolute Gasteiger partial charge is 0.0280 e. The summed E-state index contributed by atoms with van der Waals surface area (Å²) >= 11 is 0. The van der Waals surface area contributed by atoms with Crippen LogP contribution < -0.4 is 11.1 Å². The number of nitrogens with two attached hydrogens (primary N) is 1. The summed E-state index contributed by atoms with van der Waals surface area (Å²) in [6, 6.07) is 0.816. The summed E-state index contributed by atoms with van der Waals surface area (Å²) in [6.45, 7) is 1.05. The van der Waals surface area contributed by atoms with Gasteiger partial charge in [-0.1, -0.05) is 12.8 Å². The van der Waals surface area contributed by atoms with Gasteiger partial charge in [0.2, 0.25) is 0 Å². The van der Waals surface area contributed by atoms with E-state index in [1.807, 2.05) is 0 Å². The summed E-state index contributed by atoms with van der Waals surface area (Å²) in [7, 11) is 0. The van der Waals surface area contributed by atoms with Gasteiger partial charge in [0.25, 0.3) is 0 Å². The summed E-state index contributed by atoms with van der Waals surface area (Å²) in [5, 5.41) is 3.51. The van der Waals surface area contributed by atoms with Crippen molar-refractivity contribution in [1.82, 2.24) is 5.32 Å². The van der Waals surface area contributed by atoms with Crippen LogP contribution >= 0.6 is 0 Å². The third-order valence-corrected chi connectivity index (χ3v) is 2.92. The normalized spacial score (nSPS) is 29.2. The van der Waals surface area contributed by atoms with Crippen molar-refractivity contribution in [3.8, 4) is 0 Å². The SMILES string of the molecule is NC1(CNC2CC2)CCCC1. The second-order valence-corrected chi connectivity index (χ2v) is 4.22. The number of hydrogen-bond donors (Lipinski definition) is 2. The molecule has 2 saturated carbocycles. The molecule has 0 atom stereocenters. The van der Waals surface area contributed by atoms with Gasteiger partial charge in [-0.25, -0.2) is 0 Å². The first kappa shape index (κ1) is 7.56. The molecule has 0 aromatic carbocycles. The molecule has 2 heteroatoms. The molecule has 0 spiro atoms. The van der Waals surface area contributed by atoms with E-state index < -0.39 is 0 Å². The highest BCUT2D eigenvalue weighted by molar-refractivity contribution is 4.94. The molecular formula is C9H18N2. The van der Waals surface area contributed by atoms with Crippen LogP contribution in [0.15, 0.2) is 0 Å². The third kappa shape index (κ3) is 1.94. The van der Waals surface area contributed by atoms with Crippen molar-refractivity contribution in [2.75, 3.05) is 6.54 Å². The quantitative estimate of drug-likeness (QED) is 0.636. The van der Waals surface area contributed by atoms with Gasteiger partial charge in [-0.05, 0) is 25.7 Å². The second kappa shape index (κ2) is 2.76. The van der Waals surface area contributed by atoms with Crippen molar-refractivity contribution in [2.24, 2.45) is 5.73 Å². The van der Waals surface area contributed by atoms with Gasteiger partial charge >= 0.3 is 0 Å². The minimum Gasteiger partial charge on any atom is -0.324 e. The first-order valence-corrected chi connectivity index (χ1v) is 4.81. The Morgan fingerprint density at radius 2 is 1.91 bits per heavy atom. The number of rotatable bonds is 3. The molecule has 11 heavy (non-hydrogen) atoms. The lowest BCUT2D eigenvalue weighted by molar-refractivity contribution is 0.404. The fourth-order valence-electron chi connectivity index (χ4n) is 1.89. The molecule has 0 amide bonds. The van der Waals surface area contributed by atoms with E-state index in [-0.39, 0.29) is 5.54 Å². The first-order chi connectivity index (χ1) is 5.29. The van der Waals surface area contributed by atoms with Gasteiger partial charge < -0.3 is 11.1 Å². The molecule has 2 nitrogen and oxygen atoms in total. The maximum absolute atomic E-state index is 6.17. The molecule has 0 saturated heterocycles. The maximum atomic E-state index is 6.17. The zero-order valence-electron chi connectivity index (χ0n) is 7.10. The Kier molecular flexibility index (Phi) is 1.90. The van der Waals surface area contributed by atoms with Gasteiger partial charge in [0.1, 0.15) is 0 Å². The number of nitrogens with one attached hydrogen (secondary N) is 1. The minimum atomic E-state index is 0.155. The third-order valence-electron chi connectivity index (χ3n) is 2.92. The van der Waals surface area contributed by atoms with Crippen molar-refractivity contribution in [2.45, 2.75) is 50.1 Å². The zero-order valence-corrected chi connectivity index (χ0v) is 7.10. The average Bonchev–Trinajstić information content (AvgIpc) is 2.73. The van der Waals surface area contributed by atoms with Gasteiger partial charge in [0.05, 0.1) is 0 Å². The number of hydrogen-bond acceptors (Lipinski definition) is 2. The molecule has 3 N–H and O–H groups in total. The van der Waals surface area contributed by atoms with Gasteiger partial charge in [0, 0.05) is 18.1 Å². The van der Waals surface area contributed by atoms with Crippen LogP contribution in [0.5, 0.6) is 0 Å². The Labute approximate surface area is 68.5 Å². The standard InChI is InChI=1S/C9H18N2/c10-9(5-1-2-6-9)7-11-8-3-4-8/h8,11H,1-7,10H2. The molecule has 0 aliphatic heterocycles.